The second-order valence-electron chi connectivity index (χ2n) is 3.62. The molecule has 0 amide bonds. The van der Waals surface area contributed by atoms with E-state index in [2.05, 4.69) is 27.4 Å². The predicted octanol–water partition coefficient (Wildman–Crippen LogP) is 2.19. The summed E-state index contributed by atoms with van der Waals surface area (Å²) in [7, 11) is 1.91. The van der Waals surface area contributed by atoms with Gasteiger partial charge in [0.05, 0.1) is 6.04 Å². The largest absolute Gasteiger partial charge is 0.311 e. The van der Waals surface area contributed by atoms with Crippen LogP contribution >= 0.6 is 11.3 Å². The molecule has 0 aromatic carbocycles. The van der Waals surface area contributed by atoms with E-state index in [9.17, 15) is 0 Å². The summed E-state index contributed by atoms with van der Waals surface area (Å²) in [6, 6.07) is 4.19. The number of rotatable bonds is 3. The minimum Gasteiger partial charge on any atom is -0.311 e. The van der Waals surface area contributed by atoms with E-state index < -0.39 is 0 Å². The van der Waals surface area contributed by atoms with Gasteiger partial charge in [0.2, 0.25) is 0 Å². The van der Waals surface area contributed by atoms with Crippen molar-refractivity contribution in [3.8, 4) is 10.7 Å². The molecule has 2 rings (SSSR count). The fourth-order valence-corrected chi connectivity index (χ4v) is 2.30. The van der Waals surface area contributed by atoms with Gasteiger partial charge < -0.3 is 5.32 Å². The topological polar surface area (TPSA) is 50.7 Å². The molecule has 1 N–H and O–H groups in total. The Morgan fingerprint density at radius 2 is 2.19 bits per heavy atom. The minimum absolute atomic E-state index is 0.232. The van der Waals surface area contributed by atoms with Crippen LogP contribution < -0.4 is 5.32 Å². The summed E-state index contributed by atoms with van der Waals surface area (Å²) in [5, 5.41) is 13.4. The van der Waals surface area contributed by atoms with Crippen LogP contribution in [0, 0.1) is 6.92 Å². The van der Waals surface area contributed by atoms with Gasteiger partial charge in [-0.05, 0) is 32.5 Å². The summed E-state index contributed by atoms with van der Waals surface area (Å²) in [4.78, 5) is 4.33. The molecule has 16 heavy (non-hydrogen) atoms. The lowest BCUT2D eigenvalue weighted by molar-refractivity contribution is 0.640. The number of aromatic nitrogens is 3. The van der Waals surface area contributed by atoms with Gasteiger partial charge in [0.25, 0.3) is 0 Å². The van der Waals surface area contributed by atoms with Crippen molar-refractivity contribution in [3.05, 3.63) is 28.9 Å². The zero-order valence-electron chi connectivity index (χ0n) is 9.56. The van der Waals surface area contributed by atoms with Crippen molar-refractivity contribution in [3.63, 3.8) is 0 Å². The van der Waals surface area contributed by atoms with E-state index in [-0.39, 0.29) is 6.04 Å². The first-order valence-electron chi connectivity index (χ1n) is 5.15. The van der Waals surface area contributed by atoms with Gasteiger partial charge >= 0.3 is 0 Å². The molecule has 2 aromatic heterocycles. The van der Waals surface area contributed by atoms with Crippen molar-refractivity contribution in [2.75, 3.05) is 7.05 Å². The fraction of sp³-hybridized carbons (Fsp3) is 0.364. The first kappa shape index (κ1) is 11.2. The Bertz CT molecular complexity index is 480. The van der Waals surface area contributed by atoms with E-state index in [0.29, 0.717) is 0 Å². The Balaban J connectivity index is 2.35. The molecule has 2 heterocycles. The molecule has 84 valence electrons. The van der Waals surface area contributed by atoms with Crippen LogP contribution in [0.5, 0.6) is 0 Å². The van der Waals surface area contributed by atoms with Crippen LogP contribution in [0.25, 0.3) is 10.7 Å². The second-order valence-corrected chi connectivity index (χ2v) is 4.63. The van der Waals surface area contributed by atoms with E-state index in [0.717, 1.165) is 21.3 Å². The Morgan fingerprint density at radius 3 is 2.88 bits per heavy atom. The van der Waals surface area contributed by atoms with Gasteiger partial charge in [-0.1, -0.05) is 17.4 Å². The van der Waals surface area contributed by atoms with Crippen molar-refractivity contribution in [1.29, 1.82) is 0 Å². The van der Waals surface area contributed by atoms with Crippen LogP contribution in [0.3, 0.4) is 0 Å². The van der Waals surface area contributed by atoms with Crippen molar-refractivity contribution < 1.29 is 0 Å². The summed E-state index contributed by atoms with van der Waals surface area (Å²) < 4.78 is 0. The van der Waals surface area contributed by atoms with Gasteiger partial charge in [0.1, 0.15) is 10.7 Å². The SMILES string of the molecule is CNC(C)c1nnc(-c2ncccc2C)s1. The van der Waals surface area contributed by atoms with Gasteiger partial charge in [0.15, 0.2) is 5.01 Å². The van der Waals surface area contributed by atoms with Gasteiger partial charge in [-0.25, -0.2) is 0 Å². The molecular formula is C11H14N4S. The molecule has 1 atom stereocenters. The summed E-state index contributed by atoms with van der Waals surface area (Å²) in [5.74, 6) is 0. The number of hydrogen-bond donors (Lipinski definition) is 1. The Labute approximate surface area is 98.8 Å². The van der Waals surface area contributed by atoms with Crippen LogP contribution in [0.4, 0.5) is 0 Å². The van der Waals surface area contributed by atoms with Crippen LogP contribution in [0.2, 0.25) is 0 Å². The summed E-state index contributed by atoms with van der Waals surface area (Å²) in [6.07, 6.45) is 1.78. The molecular weight excluding hydrogens is 220 g/mol. The third-order valence-corrected chi connectivity index (χ3v) is 3.57. The highest BCUT2D eigenvalue weighted by Gasteiger charge is 2.13. The normalized spacial score (nSPS) is 12.7. The lowest BCUT2D eigenvalue weighted by Gasteiger charge is -2.03. The van der Waals surface area contributed by atoms with Crippen LogP contribution in [0.15, 0.2) is 18.3 Å². The van der Waals surface area contributed by atoms with E-state index in [1.165, 1.54) is 0 Å². The maximum atomic E-state index is 4.33. The maximum absolute atomic E-state index is 4.33. The van der Waals surface area contributed by atoms with E-state index >= 15 is 0 Å². The highest BCUT2D eigenvalue weighted by Crippen LogP contribution is 2.26. The first-order valence-corrected chi connectivity index (χ1v) is 5.96. The van der Waals surface area contributed by atoms with Crippen molar-refractivity contribution >= 4 is 11.3 Å². The average molecular weight is 234 g/mol. The van der Waals surface area contributed by atoms with Crippen molar-refractivity contribution in [1.82, 2.24) is 20.5 Å². The second kappa shape index (κ2) is 4.67. The number of pyridine rings is 1. The minimum atomic E-state index is 0.232. The molecule has 0 saturated carbocycles. The fourth-order valence-electron chi connectivity index (χ4n) is 1.34. The molecule has 2 aromatic rings. The lowest BCUT2D eigenvalue weighted by Crippen LogP contribution is -2.11. The molecule has 1 unspecified atom stereocenters. The quantitative estimate of drug-likeness (QED) is 0.884. The molecule has 4 nitrogen and oxygen atoms in total. The molecule has 0 aliphatic heterocycles. The van der Waals surface area contributed by atoms with Gasteiger partial charge in [-0.2, -0.15) is 0 Å². The maximum Gasteiger partial charge on any atom is 0.166 e. The molecule has 0 fully saturated rings. The molecule has 0 aliphatic carbocycles. The van der Waals surface area contributed by atoms with Crippen LogP contribution in [0.1, 0.15) is 23.5 Å². The molecule has 0 spiro atoms. The van der Waals surface area contributed by atoms with Crippen molar-refractivity contribution in [2.24, 2.45) is 0 Å². The molecule has 0 aliphatic rings. The lowest BCUT2D eigenvalue weighted by atomic mass is 10.2. The van der Waals surface area contributed by atoms with Crippen LogP contribution in [-0.2, 0) is 0 Å². The summed E-state index contributed by atoms with van der Waals surface area (Å²) >= 11 is 1.59. The highest BCUT2D eigenvalue weighted by atomic mass is 32.1. The molecule has 0 bridgehead atoms. The first-order chi connectivity index (χ1) is 7.72. The monoisotopic (exact) mass is 234 g/mol. The van der Waals surface area contributed by atoms with Gasteiger partial charge in [0, 0.05) is 6.20 Å². The standard InChI is InChI=1S/C11H14N4S/c1-7-5-4-6-13-9(7)11-15-14-10(16-11)8(2)12-3/h4-6,8,12H,1-3H3. The zero-order chi connectivity index (χ0) is 11.5. The van der Waals surface area contributed by atoms with Crippen LogP contribution in [-0.4, -0.2) is 22.2 Å². The number of aryl methyl sites for hydroxylation is 1. The number of nitrogens with one attached hydrogen (secondary N) is 1. The van der Waals surface area contributed by atoms with E-state index in [1.807, 2.05) is 26.1 Å². The number of hydrogen-bond acceptors (Lipinski definition) is 5. The summed E-state index contributed by atoms with van der Waals surface area (Å²) in [5.41, 5.74) is 2.05. The third-order valence-electron chi connectivity index (χ3n) is 2.46. The Morgan fingerprint density at radius 1 is 1.38 bits per heavy atom. The van der Waals surface area contributed by atoms with Gasteiger partial charge in [-0.3, -0.25) is 4.98 Å². The predicted molar refractivity (Wildman–Crippen MR) is 65.4 cm³/mol. The Kier molecular flexibility index (Phi) is 3.26. The average Bonchev–Trinajstić information content (AvgIpc) is 2.78. The van der Waals surface area contributed by atoms with E-state index in [1.54, 1.807) is 17.5 Å². The summed E-state index contributed by atoms with van der Waals surface area (Å²) in [6.45, 7) is 4.10. The molecule has 0 saturated heterocycles. The zero-order valence-corrected chi connectivity index (χ0v) is 10.4. The highest BCUT2D eigenvalue weighted by molar-refractivity contribution is 7.14. The van der Waals surface area contributed by atoms with Gasteiger partial charge in [-0.15, -0.1) is 10.2 Å². The smallest absolute Gasteiger partial charge is 0.166 e. The number of nitrogens with zero attached hydrogens (tertiary/aromatic N) is 3. The van der Waals surface area contributed by atoms with E-state index in [4.69, 9.17) is 0 Å². The third kappa shape index (κ3) is 2.10. The molecule has 0 radical (unpaired) electrons. The Hall–Kier alpha value is -1.33. The van der Waals surface area contributed by atoms with Crippen molar-refractivity contribution in [2.45, 2.75) is 19.9 Å². The molecule has 5 heteroatoms.